The molecule has 1 aromatic heterocycles. The molecule has 2 aromatic rings. The van der Waals surface area contributed by atoms with Crippen molar-refractivity contribution in [3.05, 3.63) is 58.0 Å². The van der Waals surface area contributed by atoms with Gasteiger partial charge in [-0.2, -0.15) is 0 Å². The van der Waals surface area contributed by atoms with Gasteiger partial charge in [0.2, 0.25) is 0 Å². The van der Waals surface area contributed by atoms with Crippen molar-refractivity contribution in [2.45, 2.75) is 44.7 Å². The third-order valence-corrected chi connectivity index (χ3v) is 6.77. The summed E-state index contributed by atoms with van der Waals surface area (Å²) in [4.78, 5) is 16.0. The molecule has 4 nitrogen and oxygen atoms in total. The Hall–Kier alpha value is -1.91. The fourth-order valence-electron chi connectivity index (χ4n) is 5.41. The van der Waals surface area contributed by atoms with E-state index in [1.807, 2.05) is 12.1 Å². The molecule has 2 atom stereocenters. The number of piperidine rings is 1. The van der Waals surface area contributed by atoms with E-state index in [-0.39, 0.29) is 5.56 Å². The summed E-state index contributed by atoms with van der Waals surface area (Å²) in [6.07, 6.45) is 3.53. The lowest BCUT2D eigenvalue weighted by Gasteiger charge is -2.46. The highest BCUT2D eigenvalue weighted by atomic mass is 16.5. The average molecular weight is 364 g/mol. The van der Waals surface area contributed by atoms with Crippen LogP contribution in [-0.4, -0.2) is 41.8 Å². The standard InChI is InChI=1S/C23H28N2O2/c1-16-4-2-3-5-20(16)21-6-7-22-18-12-17(14-25(22)23(21)26)13-24(15-18)19-8-10-27-11-9-19/h2-7,17-19H,8-15H2,1H3/t17-,18-/m1/s1. The predicted molar refractivity (Wildman–Crippen MR) is 107 cm³/mol. The molecular formula is C23H28N2O2. The Kier molecular flexibility index (Phi) is 4.41. The number of benzene rings is 1. The zero-order valence-corrected chi connectivity index (χ0v) is 16.1. The molecule has 5 rings (SSSR count). The van der Waals surface area contributed by atoms with Gasteiger partial charge in [-0.15, -0.1) is 0 Å². The lowest BCUT2D eigenvalue weighted by molar-refractivity contribution is 0.00589. The number of aryl methyl sites for hydroxylation is 1. The minimum Gasteiger partial charge on any atom is -0.381 e. The van der Waals surface area contributed by atoms with E-state index in [2.05, 4.69) is 40.7 Å². The number of nitrogens with zero attached hydrogens (tertiary/aromatic N) is 2. The van der Waals surface area contributed by atoms with E-state index >= 15 is 0 Å². The van der Waals surface area contributed by atoms with E-state index in [1.165, 1.54) is 12.1 Å². The summed E-state index contributed by atoms with van der Waals surface area (Å²) < 4.78 is 7.63. The van der Waals surface area contributed by atoms with Gasteiger partial charge in [0, 0.05) is 56.1 Å². The summed E-state index contributed by atoms with van der Waals surface area (Å²) in [5.41, 5.74) is 4.51. The molecule has 0 amide bonds. The number of rotatable bonds is 2. The van der Waals surface area contributed by atoms with Gasteiger partial charge in [0.05, 0.1) is 0 Å². The Morgan fingerprint density at radius 1 is 0.963 bits per heavy atom. The molecule has 0 saturated carbocycles. The third kappa shape index (κ3) is 3.05. The van der Waals surface area contributed by atoms with Gasteiger partial charge < -0.3 is 9.30 Å². The van der Waals surface area contributed by atoms with Crippen LogP contribution in [0, 0.1) is 12.8 Å². The van der Waals surface area contributed by atoms with Gasteiger partial charge in [0.1, 0.15) is 0 Å². The highest BCUT2D eigenvalue weighted by Crippen LogP contribution is 2.37. The molecule has 1 aromatic carbocycles. The van der Waals surface area contributed by atoms with Crippen LogP contribution < -0.4 is 5.56 Å². The molecule has 4 heteroatoms. The van der Waals surface area contributed by atoms with E-state index in [4.69, 9.17) is 4.74 Å². The Morgan fingerprint density at radius 3 is 2.59 bits per heavy atom. The third-order valence-electron chi connectivity index (χ3n) is 6.77. The van der Waals surface area contributed by atoms with Crippen molar-refractivity contribution in [2.75, 3.05) is 26.3 Å². The first kappa shape index (κ1) is 17.2. The number of pyridine rings is 1. The van der Waals surface area contributed by atoms with Gasteiger partial charge in [-0.25, -0.2) is 0 Å². The molecule has 0 spiro atoms. The van der Waals surface area contributed by atoms with Gasteiger partial charge in [0.25, 0.3) is 5.56 Å². The Morgan fingerprint density at radius 2 is 1.78 bits per heavy atom. The average Bonchev–Trinajstić information content (AvgIpc) is 2.70. The zero-order valence-electron chi connectivity index (χ0n) is 16.1. The molecule has 0 N–H and O–H groups in total. The van der Waals surface area contributed by atoms with E-state index in [0.29, 0.717) is 17.9 Å². The first-order valence-corrected chi connectivity index (χ1v) is 10.3. The molecule has 27 heavy (non-hydrogen) atoms. The number of hydrogen-bond donors (Lipinski definition) is 0. The van der Waals surface area contributed by atoms with Crippen molar-refractivity contribution in [3.63, 3.8) is 0 Å². The number of fused-ring (bicyclic) bond motifs is 4. The first-order chi connectivity index (χ1) is 13.2. The summed E-state index contributed by atoms with van der Waals surface area (Å²) in [7, 11) is 0. The summed E-state index contributed by atoms with van der Waals surface area (Å²) in [5.74, 6) is 1.07. The van der Waals surface area contributed by atoms with Gasteiger partial charge in [-0.05, 0) is 55.4 Å². The largest absolute Gasteiger partial charge is 0.381 e. The van der Waals surface area contributed by atoms with Gasteiger partial charge in [-0.1, -0.05) is 24.3 Å². The van der Waals surface area contributed by atoms with Crippen LogP contribution in [-0.2, 0) is 11.3 Å². The van der Waals surface area contributed by atoms with Crippen LogP contribution in [0.25, 0.3) is 11.1 Å². The Labute approximate surface area is 160 Å². The molecule has 142 valence electrons. The molecule has 3 aliphatic rings. The maximum Gasteiger partial charge on any atom is 0.258 e. The van der Waals surface area contributed by atoms with Crippen molar-refractivity contribution < 1.29 is 4.74 Å². The lowest BCUT2D eigenvalue weighted by Crippen LogP contribution is -2.51. The summed E-state index contributed by atoms with van der Waals surface area (Å²) in [5, 5.41) is 0. The zero-order chi connectivity index (χ0) is 18.4. The monoisotopic (exact) mass is 364 g/mol. The van der Waals surface area contributed by atoms with Crippen molar-refractivity contribution >= 4 is 0 Å². The number of hydrogen-bond acceptors (Lipinski definition) is 3. The number of aromatic nitrogens is 1. The van der Waals surface area contributed by atoms with Gasteiger partial charge >= 0.3 is 0 Å². The Bertz CT molecular complexity index is 897. The van der Waals surface area contributed by atoms with E-state index in [9.17, 15) is 4.79 Å². The maximum absolute atomic E-state index is 13.3. The van der Waals surface area contributed by atoms with Crippen LogP contribution in [0.15, 0.2) is 41.2 Å². The number of ether oxygens (including phenoxy) is 1. The minimum atomic E-state index is 0.191. The molecule has 2 saturated heterocycles. The molecule has 0 radical (unpaired) electrons. The summed E-state index contributed by atoms with van der Waals surface area (Å²) in [6, 6.07) is 13.1. The van der Waals surface area contributed by atoms with Gasteiger partial charge in [0.15, 0.2) is 0 Å². The normalized spacial score (nSPS) is 26.0. The fourth-order valence-corrected chi connectivity index (χ4v) is 5.41. The predicted octanol–water partition coefficient (Wildman–Crippen LogP) is 3.42. The molecule has 0 unspecified atom stereocenters. The molecule has 4 heterocycles. The second kappa shape index (κ2) is 6.92. The smallest absolute Gasteiger partial charge is 0.258 e. The fraction of sp³-hybridized carbons (Fsp3) is 0.522. The second-order valence-electron chi connectivity index (χ2n) is 8.50. The minimum absolute atomic E-state index is 0.191. The van der Waals surface area contributed by atoms with E-state index in [1.54, 1.807) is 0 Å². The van der Waals surface area contributed by atoms with Crippen LogP contribution >= 0.6 is 0 Å². The Balaban J connectivity index is 1.48. The topological polar surface area (TPSA) is 34.5 Å². The van der Waals surface area contributed by atoms with Crippen LogP contribution in [0.4, 0.5) is 0 Å². The molecule has 0 aliphatic carbocycles. The highest BCUT2D eigenvalue weighted by Gasteiger charge is 2.37. The molecule has 2 fully saturated rings. The summed E-state index contributed by atoms with van der Waals surface area (Å²) in [6.45, 7) is 6.95. The van der Waals surface area contributed by atoms with Crippen LogP contribution in [0.1, 0.15) is 36.4 Å². The van der Waals surface area contributed by atoms with E-state index in [0.717, 1.165) is 62.4 Å². The van der Waals surface area contributed by atoms with Crippen LogP contribution in [0.5, 0.6) is 0 Å². The SMILES string of the molecule is Cc1ccccc1-c1ccc2n(c1=O)C[C@@H]1C[C@@H]2CN(C2CCOCC2)C1. The lowest BCUT2D eigenvalue weighted by atomic mass is 9.81. The highest BCUT2D eigenvalue weighted by molar-refractivity contribution is 5.66. The molecule has 2 bridgehead atoms. The maximum atomic E-state index is 13.3. The van der Waals surface area contributed by atoms with Crippen molar-refractivity contribution in [3.8, 4) is 11.1 Å². The number of likely N-dealkylation sites (tertiary alicyclic amines) is 1. The molecular weight excluding hydrogens is 336 g/mol. The van der Waals surface area contributed by atoms with Crippen LogP contribution in [0.3, 0.4) is 0 Å². The first-order valence-electron chi connectivity index (χ1n) is 10.3. The van der Waals surface area contributed by atoms with E-state index < -0.39 is 0 Å². The van der Waals surface area contributed by atoms with Crippen molar-refractivity contribution in [1.82, 2.24) is 9.47 Å². The second-order valence-corrected chi connectivity index (χ2v) is 8.50. The molecule has 3 aliphatic heterocycles. The van der Waals surface area contributed by atoms with Crippen LogP contribution in [0.2, 0.25) is 0 Å². The van der Waals surface area contributed by atoms with Crippen molar-refractivity contribution in [1.29, 1.82) is 0 Å². The summed E-state index contributed by atoms with van der Waals surface area (Å²) >= 11 is 0. The van der Waals surface area contributed by atoms with Gasteiger partial charge in [-0.3, -0.25) is 9.69 Å². The van der Waals surface area contributed by atoms with Crippen molar-refractivity contribution in [2.24, 2.45) is 5.92 Å². The quantitative estimate of drug-likeness (QED) is 0.819.